The molecule has 0 aliphatic heterocycles. The molecule has 0 atom stereocenters. The smallest absolute Gasteiger partial charge is 0.159 e. The summed E-state index contributed by atoms with van der Waals surface area (Å²) < 4.78 is 9.42. The van der Waals surface area contributed by atoms with Crippen molar-refractivity contribution in [2.45, 2.75) is 5.41 Å². The third-order valence-electron chi connectivity index (χ3n) is 12.2. The molecule has 58 heavy (non-hydrogen) atoms. The highest BCUT2D eigenvalue weighted by atomic mass is 32.1. The van der Waals surface area contributed by atoms with Gasteiger partial charge in [-0.2, -0.15) is 0 Å². The van der Waals surface area contributed by atoms with E-state index in [9.17, 15) is 0 Å². The quantitative estimate of drug-likeness (QED) is 0.168. The molecule has 0 saturated heterocycles. The van der Waals surface area contributed by atoms with Crippen molar-refractivity contribution >= 4 is 70.5 Å². The maximum atomic E-state index is 6.79. The number of fused-ring (bicyclic) bond motifs is 9. The SMILES string of the molecule is c1ccc(C2(c3ccccc3)c3ccccc3-c3c(N(c4ccc(-c5ccc6c(c5)sc5ccccc56)cc4)c4cccc5c4oc4ccccc45)cccc32)cc1. The summed E-state index contributed by atoms with van der Waals surface area (Å²) in [6.07, 6.45) is 0. The van der Waals surface area contributed by atoms with Crippen LogP contribution in [0.1, 0.15) is 22.3 Å². The monoisotopic (exact) mass is 757 g/mol. The van der Waals surface area contributed by atoms with Crippen LogP contribution in [-0.4, -0.2) is 0 Å². The van der Waals surface area contributed by atoms with E-state index in [1.165, 1.54) is 64.7 Å². The van der Waals surface area contributed by atoms with Gasteiger partial charge >= 0.3 is 0 Å². The zero-order chi connectivity index (χ0) is 38.2. The molecule has 0 spiro atoms. The molecule has 2 aromatic heterocycles. The van der Waals surface area contributed by atoms with Crippen LogP contribution in [-0.2, 0) is 5.41 Å². The zero-order valence-electron chi connectivity index (χ0n) is 31.5. The van der Waals surface area contributed by atoms with Crippen molar-refractivity contribution in [2.75, 3.05) is 4.90 Å². The Morgan fingerprint density at radius 2 is 1.02 bits per heavy atom. The summed E-state index contributed by atoms with van der Waals surface area (Å²) in [5.74, 6) is 0. The van der Waals surface area contributed by atoms with E-state index in [0.29, 0.717) is 0 Å². The first-order valence-corrected chi connectivity index (χ1v) is 20.7. The molecule has 11 aromatic rings. The van der Waals surface area contributed by atoms with E-state index >= 15 is 0 Å². The molecular formula is C55H35NOS. The van der Waals surface area contributed by atoms with Crippen LogP contribution in [0, 0.1) is 0 Å². The van der Waals surface area contributed by atoms with Crippen LogP contribution in [0.5, 0.6) is 0 Å². The van der Waals surface area contributed by atoms with Gasteiger partial charge in [0.05, 0.1) is 16.8 Å². The molecule has 2 heterocycles. The molecule has 0 radical (unpaired) electrons. The van der Waals surface area contributed by atoms with Gasteiger partial charge in [0.1, 0.15) is 5.58 Å². The fourth-order valence-electron chi connectivity index (χ4n) is 9.68. The maximum Gasteiger partial charge on any atom is 0.159 e. The molecular weight excluding hydrogens is 723 g/mol. The van der Waals surface area contributed by atoms with Gasteiger partial charge in [-0.15, -0.1) is 11.3 Å². The van der Waals surface area contributed by atoms with Gasteiger partial charge in [-0.3, -0.25) is 0 Å². The van der Waals surface area contributed by atoms with Crippen molar-refractivity contribution in [2.24, 2.45) is 0 Å². The Morgan fingerprint density at radius 3 is 1.83 bits per heavy atom. The van der Waals surface area contributed by atoms with Crippen molar-refractivity contribution in [3.63, 3.8) is 0 Å². The molecule has 9 aromatic carbocycles. The molecule has 1 aliphatic rings. The highest BCUT2D eigenvalue weighted by molar-refractivity contribution is 7.25. The second kappa shape index (κ2) is 12.9. The third kappa shape index (κ3) is 4.78. The highest BCUT2D eigenvalue weighted by Gasteiger charge is 2.47. The Bertz CT molecular complexity index is 3300. The summed E-state index contributed by atoms with van der Waals surface area (Å²) in [6.45, 7) is 0. The van der Waals surface area contributed by atoms with Crippen LogP contribution in [0.2, 0.25) is 0 Å². The van der Waals surface area contributed by atoms with Gasteiger partial charge in [0.25, 0.3) is 0 Å². The van der Waals surface area contributed by atoms with E-state index in [0.717, 1.165) is 39.0 Å². The topological polar surface area (TPSA) is 16.4 Å². The lowest BCUT2D eigenvalue weighted by Crippen LogP contribution is -2.28. The molecule has 0 saturated carbocycles. The number of furan rings is 1. The molecule has 272 valence electrons. The van der Waals surface area contributed by atoms with Crippen LogP contribution in [0.3, 0.4) is 0 Å². The average molecular weight is 758 g/mol. The molecule has 0 unspecified atom stereocenters. The number of thiophene rings is 1. The van der Waals surface area contributed by atoms with Crippen molar-refractivity contribution in [1.82, 2.24) is 0 Å². The first-order chi connectivity index (χ1) is 28.8. The summed E-state index contributed by atoms with van der Waals surface area (Å²) in [5.41, 5.74) is 14.3. The van der Waals surface area contributed by atoms with Gasteiger partial charge in [-0.25, -0.2) is 0 Å². The molecule has 0 amide bonds. The van der Waals surface area contributed by atoms with Crippen molar-refractivity contribution in [3.05, 3.63) is 235 Å². The predicted octanol–water partition coefficient (Wildman–Crippen LogP) is 15.5. The normalized spacial score (nSPS) is 13.0. The van der Waals surface area contributed by atoms with E-state index in [2.05, 4.69) is 211 Å². The van der Waals surface area contributed by atoms with Crippen LogP contribution in [0.15, 0.2) is 217 Å². The molecule has 3 heteroatoms. The van der Waals surface area contributed by atoms with Gasteiger partial charge in [-0.1, -0.05) is 170 Å². The summed E-state index contributed by atoms with van der Waals surface area (Å²) in [7, 11) is 0. The first-order valence-electron chi connectivity index (χ1n) is 19.8. The highest BCUT2D eigenvalue weighted by Crippen LogP contribution is 2.60. The minimum absolute atomic E-state index is 0.517. The molecule has 0 fully saturated rings. The van der Waals surface area contributed by atoms with Crippen LogP contribution in [0.25, 0.3) is 64.4 Å². The number of benzene rings is 9. The fraction of sp³-hybridized carbons (Fsp3) is 0.0182. The number of nitrogens with zero attached hydrogens (tertiary/aromatic N) is 1. The second-order valence-corrected chi connectivity index (χ2v) is 16.3. The Morgan fingerprint density at radius 1 is 0.414 bits per heavy atom. The lowest BCUT2D eigenvalue weighted by atomic mass is 9.68. The maximum absolute atomic E-state index is 6.79. The van der Waals surface area contributed by atoms with Crippen molar-refractivity contribution < 1.29 is 4.42 Å². The summed E-state index contributed by atoms with van der Waals surface area (Å²) in [5, 5.41) is 4.84. The standard InChI is InChI=1S/C55H35NOS/c1-3-15-38(16-4-1)55(39-17-5-2-6-18-39)46-23-10-7-21-45(46)53-47(55)24-14-25-48(53)56(49-26-13-22-44-41-19-8-11-27-50(41)57-54(44)49)40-32-29-36(30-33-40)37-31-34-43-42-20-9-12-28-51(42)58-52(43)35-37/h1-35H. The fourth-order valence-corrected chi connectivity index (χ4v) is 10.8. The largest absolute Gasteiger partial charge is 0.454 e. The zero-order valence-corrected chi connectivity index (χ0v) is 32.3. The van der Waals surface area contributed by atoms with Gasteiger partial charge in [0, 0.05) is 42.2 Å². The minimum Gasteiger partial charge on any atom is -0.454 e. The number of rotatable bonds is 6. The molecule has 0 N–H and O–H groups in total. The minimum atomic E-state index is -0.517. The number of hydrogen-bond acceptors (Lipinski definition) is 3. The van der Waals surface area contributed by atoms with Gasteiger partial charge in [0.2, 0.25) is 0 Å². The lowest BCUT2D eigenvalue weighted by Gasteiger charge is -2.34. The summed E-state index contributed by atoms with van der Waals surface area (Å²) >= 11 is 1.86. The second-order valence-electron chi connectivity index (χ2n) is 15.2. The molecule has 0 bridgehead atoms. The Kier molecular flexibility index (Phi) is 7.35. The number of para-hydroxylation sites is 2. The third-order valence-corrected chi connectivity index (χ3v) is 13.3. The van der Waals surface area contributed by atoms with Crippen LogP contribution in [0.4, 0.5) is 17.1 Å². The Balaban J connectivity index is 1.11. The first kappa shape index (κ1) is 33.0. The van der Waals surface area contributed by atoms with Gasteiger partial charge in [0.15, 0.2) is 5.58 Å². The van der Waals surface area contributed by atoms with E-state index in [4.69, 9.17) is 4.42 Å². The molecule has 2 nitrogen and oxygen atoms in total. The summed E-state index contributed by atoms with van der Waals surface area (Å²) in [4.78, 5) is 2.42. The van der Waals surface area contributed by atoms with E-state index < -0.39 is 5.41 Å². The van der Waals surface area contributed by atoms with E-state index in [1.807, 2.05) is 17.4 Å². The van der Waals surface area contributed by atoms with Crippen LogP contribution >= 0.6 is 11.3 Å². The van der Waals surface area contributed by atoms with Crippen molar-refractivity contribution in [3.8, 4) is 22.3 Å². The Hall–Kier alpha value is -7.20. The van der Waals surface area contributed by atoms with Gasteiger partial charge < -0.3 is 9.32 Å². The average Bonchev–Trinajstić information content (AvgIpc) is 3.96. The Labute approximate surface area is 340 Å². The predicted molar refractivity (Wildman–Crippen MR) is 244 cm³/mol. The summed E-state index contributed by atoms with van der Waals surface area (Å²) in [6, 6.07) is 77.4. The lowest BCUT2D eigenvalue weighted by molar-refractivity contribution is 0.669. The number of anilines is 3. The molecule has 12 rings (SSSR count). The molecule has 1 aliphatic carbocycles. The van der Waals surface area contributed by atoms with Crippen molar-refractivity contribution in [1.29, 1.82) is 0 Å². The van der Waals surface area contributed by atoms with Gasteiger partial charge in [-0.05, 0) is 81.4 Å². The van der Waals surface area contributed by atoms with E-state index in [1.54, 1.807) is 0 Å². The number of hydrogen-bond donors (Lipinski definition) is 0. The van der Waals surface area contributed by atoms with Crippen LogP contribution < -0.4 is 4.90 Å². The van der Waals surface area contributed by atoms with E-state index in [-0.39, 0.29) is 0 Å².